The van der Waals surface area contributed by atoms with Gasteiger partial charge in [0.25, 0.3) is 0 Å². The molecule has 0 fully saturated rings. The van der Waals surface area contributed by atoms with Crippen molar-refractivity contribution in [3.63, 3.8) is 0 Å². The number of aryl methyl sites for hydroxylation is 1. The molecule has 2 amide bonds. The van der Waals surface area contributed by atoms with Gasteiger partial charge in [-0.3, -0.25) is 0 Å². The number of urea groups is 1. The molecule has 2 heterocycles. The van der Waals surface area contributed by atoms with Gasteiger partial charge in [0.1, 0.15) is 11.6 Å². The zero-order valence-corrected chi connectivity index (χ0v) is 17.1. The Morgan fingerprint density at radius 3 is 2.74 bits per heavy atom. The molecular formula is C23H23F2N3O3. The monoisotopic (exact) mass is 427 g/mol. The molecule has 2 N–H and O–H groups in total. The summed E-state index contributed by atoms with van der Waals surface area (Å²) in [6, 6.07) is 10.1. The number of hydrogen-bond donors (Lipinski definition) is 2. The second kappa shape index (κ2) is 8.75. The third-order valence-electron chi connectivity index (χ3n) is 5.43. The van der Waals surface area contributed by atoms with E-state index < -0.39 is 29.7 Å². The van der Waals surface area contributed by atoms with Crippen LogP contribution in [0.15, 0.2) is 53.7 Å². The molecular weight excluding hydrogens is 404 g/mol. The Morgan fingerprint density at radius 1 is 1.23 bits per heavy atom. The molecule has 2 aliphatic rings. The van der Waals surface area contributed by atoms with Gasteiger partial charge in [0.15, 0.2) is 0 Å². The van der Waals surface area contributed by atoms with Gasteiger partial charge in [-0.2, -0.15) is 0 Å². The fourth-order valence-corrected chi connectivity index (χ4v) is 4.17. The summed E-state index contributed by atoms with van der Waals surface area (Å²) in [5.41, 5.74) is 2.20. The number of esters is 1. The molecule has 8 heteroatoms. The van der Waals surface area contributed by atoms with Crippen molar-refractivity contribution in [1.82, 2.24) is 10.6 Å². The lowest BCUT2D eigenvalue weighted by atomic mass is 9.94. The van der Waals surface area contributed by atoms with Gasteiger partial charge in [-0.05, 0) is 37.0 Å². The number of halogens is 2. The van der Waals surface area contributed by atoms with E-state index in [2.05, 4.69) is 10.6 Å². The standard InChI is InChI=1S/C23H23F2N3O3/c1-2-31-22(29)19-18(26-23(30)27-20(19)14-7-4-3-5-8-14)13-28-10-6-9-15-11-16(24)12-17(25)21(15)28/h3-5,7-8,11-12,20H,2,6,9-10,13H2,1H3,(H2,26,27,30). The number of hydrogen-bond acceptors (Lipinski definition) is 4. The minimum atomic E-state index is -0.702. The average Bonchev–Trinajstić information content (AvgIpc) is 2.73. The number of rotatable bonds is 5. The van der Waals surface area contributed by atoms with Crippen molar-refractivity contribution in [1.29, 1.82) is 0 Å². The van der Waals surface area contributed by atoms with Gasteiger partial charge in [-0.25, -0.2) is 18.4 Å². The maximum Gasteiger partial charge on any atom is 0.338 e. The van der Waals surface area contributed by atoms with E-state index in [0.29, 0.717) is 36.3 Å². The van der Waals surface area contributed by atoms with Crippen LogP contribution in [0.2, 0.25) is 0 Å². The van der Waals surface area contributed by atoms with Crippen LogP contribution >= 0.6 is 0 Å². The predicted molar refractivity (Wildman–Crippen MR) is 111 cm³/mol. The van der Waals surface area contributed by atoms with Crippen molar-refractivity contribution in [2.45, 2.75) is 25.8 Å². The highest BCUT2D eigenvalue weighted by Crippen LogP contribution is 2.33. The van der Waals surface area contributed by atoms with Gasteiger partial charge in [-0.15, -0.1) is 0 Å². The second-order valence-corrected chi connectivity index (χ2v) is 7.48. The summed E-state index contributed by atoms with van der Waals surface area (Å²) in [5, 5.41) is 5.48. The van der Waals surface area contributed by atoms with Crippen LogP contribution in [0.1, 0.15) is 30.5 Å². The number of nitrogens with one attached hydrogen (secondary N) is 2. The van der Waals surface area contributed by atoms with E-state index in [0.717, 1.165) is 11.6 Å². The first kappa shape index (κ1) is 20.8. The molecule has 0 saturated carbocycles. The van der Waals surface area contributed by atoms with Gasteiger partial charge in [-0.1, -0.05) is 30.3 Å². The number of ether oxygens (including phenoxy) is 1. The molecule has 6 nitrogen and oxygen atoms in total. The van der Waals surface area contributed by atoms with Crippen molar-refractivity contribution in [3.8, 4) is 0 Å². The van der Waals surface area contributed by atoms with Crippen LogP contribution in [0, 0.1) is 11.6 Å². The average molecular weight is 427 g/mol. The third kappa shape index (κ3) is 4.23. The molecule has 2 aromatic carbocycles. The van der Waals surface area contributed by atoms with E-state index in [1.807, 2.05) is 30.3 Å². The highest BCUT2D eigenvalue weighted by molar-refractivity contribution is 5.95. The first-order valence-electron chi connectivity index (χ1n) is 10.2. The number of nitrogens with zero attached hydrogens (tertiary/aromatic N) is 1. The largest absolute Gasteiger partial charge is 0.463 e. The van der Waals surface area contributed by atoms with E-state index in [1.54, 1.807) is 11.8 Å². The van der Waals surface area contributed by atoms with Crippen LogP contribution < -0.4 is 15.5 Å². The normalized spacial score (nSPS) is 18.2. The first-order chi connectivity index (χ1) is 15.0. The van der Waals surface area contributed by atoms with Crippen LogP contribution in [0.4, 0.5) is 19.3 Å². The number of amides is 2. The topological polar surface area (TPSA) is 70.7 Å². The molecule has 1 atom stereocenters. The zero-order chi connectivity index (χ0) is 22.0. The molecule has 4 rings (SSSR count). The van der Waals surface area contributed by atoms with E-state index in [-0.39, 0.29) is 18.7 Å². The fraction of sp³-hybridized carbons (Fsp3) is 0.304. The SMILES string of the molecule is CCOC(=O)C1=C(CN2CCCc3cc(F)cc(F)c32)NC(=O)NC1c1ccccc1. The number of carbonyl (C=O) groups is 2. The van der Waals surface area contributed by atoms with Gasteiger partial charge < -0.3 is 20.3 Å². The summed E-state index contributed by atoms with van der Waals surface area (Å²) < 4.78 is 33.6. The van der Waals surface area contributed by atoms with Crippen LogP contribution in [0.5, 0.6) is 0 Å². The first-order valence-corrected chi connectivity index (χ1v) is 10.2. The van der Waals surface area contributed by atoms with Crippen molar-refractivity contribution < 1.29 is 23.1 Å². The number of benzene rings is 2. The summed E-state index contributed by atoms with van der Waals surface area (Å²) >= 11 is 0. The summed E-state index contributed by atoms with van der Waals surface area (Å²) in [7, 11) is 0. The van der Waals surface area contributed by atoms with Crippen LogP contribution in [0.25, 0.3) is 0 Å². The Kier molecular flexibility index (Phi) is 5.88. The van der Waals surface area contributed by atoms with Gasteiger partial charge in [0.05, 0.1) is 36.2 Å². The molecule has 0 radical (unpaired) electrons. The molecule has 0 saturated heterocycles. The lowest BCUT2D eigenvalue weighted by Crippen LogP contribution is -2.49. The van der Waals surface area contributed by atoms with Gasteiger partial charge in [0, 0.05) is 12.6 Å². The molecule has 1 unspecified atom stereocenters. The molecule has 0 spiro atoms. The molecule has 0 bridgehead atoms. The smallest absolute Gasteiger partial charge is 0.338 e. The Labute approximate surface area is 178 Å². The maximum absolute atomic E-state index is 14.6. The summed E-state index contributed by atoms with van der Waals surface area (Å²) in [5.74, 6) is -1.84. The van der Waals surface area contributed by atoms with Gasteiger partial charge >= 0.3 is 12.0 Å². The Morgan fingerprint density at radius 2 is 2.00 bits per heavy atom. The summed E-state index contributed by atoms with van der Waals surface area (Å²) in [6.07, 6.45) is 1.26. The highest BCUT2D eigenvalue weighted by atomic mass is 19.1. The minimum absolute atomic E-state index is 0.0838. The summed E-state index contributed by atoms with van der Waals surface area (Å²) in [4.78, 5) is 27.0. The Hall–Kier alpha value is -3.42. The third-order valence-corrected chi connectivity index (χ3v) is 5.43. The van der Waals surface area contributed by atoms with Crippen molar-refractivity contribution in [2.75, 3.05) is 24.6 Å². The lowest BCUT2D eigenvalue weighted by Gasteiger charge is -2.35. The summed E-state index contributed by atoms with van der Waals surface area (Å²) in [6.45, 7) is 2.47. The van der Waals surface area contributed by atoms with Crippen molar-refractivity contribution >= 4 is 17.7 Å². The maximum atomic E-state index is 14.6. The van der Waals surface area contributed by atoms with Crippen LogP contribution in [0.3, 0.4) is 0 Å². The number of anilines is 1. The number of fused-ring (bicyclic) bond motifs is 1. The molecule has 2 aromatic rings. The second-order valence-electron chi connectivity index (χ2n) is 7.48. The zero-order valence-electron chi connectivity index (χ0n) is 17.1. The quantitative estimate of drug-likeness (QED) is 0.716. The van der Waals surface area contributed by atoms with Gasteiger partial charge in [0.2, 0.25) is 0 Å². The van der Waals surface area contributed by atoms with E-state index in [1.165, 1.54) is 6.07 Å². The van der Waals surface area contributed by atoms with Crippen LogP contribution in [-0.4, -0.2) is 31.7 Å². The van der Waals surface area contributed by atoms with E-state index >= 15 is 0 Å². The molecule has 31 heavy (non-hydrogen) atoms. The molecule has 0 aliphatic carbocycles. The van der Waals surface area contributed by atoms with Crippen molar-refractivity contribution in [2.24, 2.45) is 0 Å². The highest BCUT2D eigenvalue weighted by Gasteiger charge is 2.35. The number of carbonyl (C=O) groups excluding carboxylic acids is 2. The van der Waals surface area contributed by atoms with E-state index in [4.69, 9.17) is 4.74 Å². The molecule has 2 aliphatic heterocycles. The predicted octanol–water partition coefficient (Wildman–Crippen LogP) is 3.59. The Balaban J connectivity index is 1.77. The lowest BCUT2D eigenvalue weighted by molar-refractivity contribution is -0.139. The van der Waals surface area contributed by atoms with E-state index in [9.17, 15) is 18.4 Å². The van der Waals surface area contributed by atoms with Crippen molar-refractivity contribution in [3.05, 3.63) is 76.5 Å². The fourth-order valence-electron chi connectivity index (χ4n) is 4.17. The molecule has 162 valence electrons. The Bertz CT molecular complexity index is 1040. The minimum Gasteiger partial charge on any atom is -0.463 e. The van der Waals surface area contributed by atoms with Crippen LogP contribution in [-0.2, 0) is 16.0 Å². The molecule has 0 aromatic heterocycles.